The predicted octanol–water partition coefficient (Wildman–Crippen LogP) is 2.53. The third-order valence-electron chi connectivity index (χ3n) is 4.46. The summed E-state index contributed by atoms with van der Waals surface area (Å²) in [5.74, 6) is -2.04. The van der Waals surface area contributed by atoms with Gasteiger partial charge in [0.2, 0.25) is 0 Å². The van der Waals surface area contributed by atoms with Gasteiger partial charge in [-0.25, -0.2) is 9.18 Å². The zero-order chi connectivity index (χ0) is 18.7. The Bertz CT molecular complexity index is 815. The highest BCUT2D eigenvalue weighted by atomic mass is 19.1. The second-order valence-corrected chi connectivity index (χ2v) is 6.29. The van der Waals surface area contributed by atoms with Crippen LogP contribution in [-0.4, -0.2) is 55.1 Å². The van der Waals surface area contributed by atoms with Gasteiger partial charge in [-0.05, 0) is 49.5 Å². The fourth-order valence-electron chi connectivity index (χ4n) is 2.88. The average Bonchev–Trinajstić information content (AvgIpc) is 2.63. The zero-order valence-corrected chi connectivity index (χ0v) is 14.4. The quantitative estimate of drug-likeness (QED) is 0.880. The van der Waals surface area contributed by atoms with Gasteiger partial charge in [0.25, 0.3) is 5.91 Å². The Morgan fingerprint density at radius 2 is 1.69 bits per heavy atom. The molecule has 0 aromatic heterocycles. The number of carbonyl (C=O) groups excluding carboxylic acids is 1. The Labute approximate surface area is 150 Å². The first-order valence-corrected chi connectivity index (χ1v) is 8.32. The third-order valence-corrected chi connectivity index (χ3v) is 4.46. The lowest BCUT2D eigenvalue weighted by Gasteiger charge is -2.34. The van der Waals surface area contributed by atoms with Crippen molar-refractivity contribution >= 4 is 23.3 Å². The first kappa shape index (κ1) is 17.9. The van der Waals surface area contributed by atoms with Gasteiger partial charge in [0.05, 0.1) is 11.3 Å². The van der Waals surface area contributed by atoms with Crippen molar-refractivity contribution in [3.05, 3.63) is 59.4 Å². The van der Waals surface area contributed by atoms with Gasteiger partial charge >= 0.3 is 5.97 Å². The van der Waals surface area contributed by atoms with Crippen molar-refractivity contribution in [1.82, 2.24) is 4.90 Å². The number of rotatable bonds is 4. The number of carbonyl (C=O) groups is 2. The smallest absolute Gasteiger partial charge is 0.337 e. The number of hydrogen-bond donors (Lipinski definition) is 2. The van der Waals surface area contributed by atoms with E-state index in [4.69, 9.17) is 0 Å². The van der Waals surface area contributed by atoms with Crippen LogP contribution in [0.5, 0.6) is 0 Å². The maximum Gasteiger partial charge on any atom is 0.337 e. The third kappa shape index (κ3) is 4.00. The number of amides is 1. The first-order chi connectivity index (χ1) is 12.4. The van der Waals surface area contributed by atoms with Crippen molar-refractivity contribution in [2.24, 2.45) is 0 Å². The first-order valence-electron chi connectivity index (χ1n) is 8.32. The summed E-state index contributed by atoms with van der Waals surface area (Å²) in [6.45, 7) is 3.45. The maximum atomic E-state index is 13.0. The molecular weight excluding hydrogens is 337 g/mol. The van der Waals surface area contributed by atoms with E-state index in [9.17, 15) is 19.1 Å². The molecule has 136 valence electrons. The molecule has 0 atom stereocenters. The molecule has 0 bridgehead atoms. The molecule has 2 N–H and O–H groups in total. The van der Waals surface area contributed by atoms with E-state index in [1.807, 2.05) is 7.05 Å². The number of carboxylic acids is 1. The van der Waals surface area contributed by atoms with Crippen LogP contribution in [-0.2, 0) is 0 Å². The standard InChI is InChI=1S/C19H20FN3O3/c1-22-8-10-23(11-9-22)15-6-7-17(16(12-15)19(25)26)21-18(24)13-2-4-14(20)5-3-13/h2-7,12H,8-11H2,1H3,(H,21,24)(H,25,26). The number of nitrogens with zero attached hydrogens (tertiary/aromatic N) is 2. The van der Waals surface area contributed by atoms with Crippen LogP contribution in [0.15, 0.2) is 42.5 Å². The van der Waals surface area contributed by atoms with Gasteiger partial charge in [-0.2, -0.15) is 0 Å². The van der Waals surface area contributed by atoms with Gasteiger partial charge in [0.15, 0.2) is 0 Å². The summed E-state index contributed by atoms with van der Waals surface area (Å²) in [5, 5.41) is 12.1. The van der Waals surface area contributed by atoms with Crippen LogP contribution in [0.25, 0.3) is 0 Å². The largest absolute Gasteiger partial charge is 0.478 e. The van der Waals surface area contributed by atoms with Gasteiger partial charge in [0, 0.05) is 37.4 Å². The summed E-state index contributed by atoms with van der Waals surface area (Å²) in [4.78, 5) is 28.3. The van der Waals surface area contributed by atoms with Crippen molar-refractivity contribution in [2.45, 2.75) is 0 Å². The van der Waals surface area contributed by atoms with Gasteiger partial charge in [-0.15, -0.1) is 0 Å². The Kier molecular flexibility index (Phi) is 5.18. The van der Waals surface area contributed by atoms with E-state index in [1.54, 1.807) is 18.2 Å². The molecule has 1 fully saturated rings. The maximum absolute atomic E-state index is 13.0. The Balaban J connectivity index is 1.81. The van der Waals surface area contributed by atoms with Crippen molar-refractivity contribution in [3.63, 3.8) is 0 Å². The van der Waals surface area contributed by atoms with Crippen LogP contribution >= 0.6 is 0 Å². The fraction of sp³-hybridized carbons (Fsp3) is 0.263. The molecule has 26 heavy (non-hydrogen) atoms. The highest BCUT2D eigenvalue weighted by molar-refractivity contribution is 6.08. The lowest BCUT2D eigenvalue weighted by atomic mass is 10.1. The van der Waals surface area contributed by atoms with Crippen LogP contribution in [0.2, 0.25) is 0 Å². The van der Waals surface area contributed by atoms with E-state index in [0.29, 0.717) is 0 Å². The molecule has 2 aromatic rings. The van der Waals surface area contributed by atoms with Crippen LogP contribution in [0.4, 0.5) is 15.8 Å². The second-order valence-electron chi connectivity index (χ2n) is 6.29. The molecule has 0 aliphatic carbocycles. The predicted molar refractivity (Wildman–Crippen MR) is 97.5 cm³/mol. The van der Waals surface area contributed by atoms with E-state index >= 15 is 0 Å². The molecular formula is C19H20FN3O3. The number of piperazine rings is 1. The molecule has 2 aromatic carbocycles. The van der Waals surface area contributed by atoms with Crippen LogP contribution in [0, 0.1) is 5.82 Å². The van der Waals surface area contributed by atoms with Crippen LogP contribution < -0.4 is 10.2 Å². The van der Waals surface area contributed by atoms with Crippen molar-refractivity contribution < 1.29 is 19.1 Å². The molecule has 3 rings (SSSR count). The minimum Gasteiger partial charge on any atom is -0.478 e. The molecule has 6 nitrogen and oxygen atoms in total. The van der Waals surface area contributed by atoms with Gasteiger partial charge in [-0.1, -0.05) is 0 Å². The van der Waals surface area contributed by atoms with Crippen molar-refractivity contribution in [3.8, 4) is 0 Å². The highest BCUT2D eigenvalue weighted by Crippen LogP contribution is 2.25. The SMILES string of the molecule is CN1CCN(c2ccc(NC(=O)c3ccc(F)cc3)c(C(=O)O)c2)CC1. The number of carboxylic acid groups (broad SMARTS) is 1. The summed E-state index contributed by atoms with van der Waals surface area (Å²) < 4.78 is 13.0. The number of benzene rings is 2. The molecule has 0 radical (unpaired) electrons. The number of halogens is 1. The monoisotopic (exact) mass is 357 g/mol. The Morgan fingerprint density at radius 1 is 1.04 bits per heavy atom. The molecule has 1 heterocycles. The molecule has 1 saturated heterocycles. The minimum atomic E-state index is -1.12. The van der Waals surface area contributed by atoms with Crippen LogP contribution in [0.3, 0.4) is 0 Å². The van der Waals surface area contributed by atoms with Crippen molar-refractivity contribution in [1.29, 1.82) is 0 Å². The second kappa shape index (κ2) is 7.53. The Hall–Kier alpha value is -2.93. The number of anilines is 2. The summed E-state index contributed by atoms with van der Waals surface area (Å²) in [6, 6.07) is 10.0. The molecule has 0 spiro atoms. The van der Waals surface area contributed by atoms with Gasteiger partial charge in [0.1, 0.15) is 5.82 Å². The molecule has 0 unspecified atom stereocenters. The number of hydrogen-bond acceptors (Lipinski definition) is 4. The number of likely N-dealkylation sites (N-methyl/N-ethyl adjacent to an activating group) is 1. The molecule has 1 aliphatic rings. The highest BCUT2D eigenvalue weighted by Gasteiger charge is 2.19. The lowest BCUT2D eigenvalue weighted by molar-refractivity contribution is 0.0698. The summed E-state index contributed by atoms with van der Waals surface area (Å²) in [5.41, 5.74) is 1.31. The van der Waals surface area contributed by atoms with Crippen molar-refractivity contribution in [2.75, 3.05) is 43.4 Å². The number of aromatic carboxylic acids is 1. The number of nitrogens with one attached hydrogen (secondary N) is 1. The topological polar surface area (TPSA) is 72.9 Å². The van der Waals surface area contributed by atoms with E-state index in [1.165, 1.54) is 24.3 Å². The fourth-order valence-corrected chi connectivity index (χ4v) is 2.88. The Morgan fingerprint density at radius 3 is 2.31 bits per heavy atom. The average molecular weight is 357 g/mol. The lowest BCUT2D eigenvalue weighted by Crippen LogP contribution is -2.44. The van der Waals surface area contributed by atoms with E-state index in [2.05, 4.69) is 15.1 Å². The van der Waals surface area contributed by atoms with Gasteiger partial charge < -0.3 is 20.2 Å². The molecule has 1 aliphatic heterocycles. The zero-order valence-electron chi connectivity index (χ0n) is 14.4. The van der Waals surface area contributed by atoms with E-state index in [0.717, 1.165) is 31.9 Å². The van der Waals surface area contributed by atoms with E-state index in [-0.39, 0.29) is 16.8 Å². The summed E-state index contributed by atoms with van der Waals surface area (Å²) in [7, 11) is 2.05. The molecule has 0 saturated carbocycles. The van der Waals surface area contributed by atoms with Gasteiger partial charge in [-0.3, -0.25) is 4.79 Å². The molecule has 1 amide bonds. The summed E-state index contributed by atoms with van der Waals surface area (Å²) >= 11 is 0. The summed E-state index contributed by atoms with van der Waals surface area (Å²) in [6.07, 6.45) is 0. The van der Waals surface area contributed by atoms with E-state index < -0.39 is 17.7 Å². The molecule has 7 heteroatoms. The van der Waals surface area contributed by atoms with Crippen LogP contribution in [0.1, 0.15) is 20.7 Å². The normalized spacial score (nSPS) is 14.9. The minimum absolute atomic E-state index is 0.0249.